The molecule has 1 nitrogen and oxygen atoms in total. The van der Waals surface area contributed by atoms with E-state index in [9.17, 15) is 0 Å². The van der Waals surface area contributed by atoms with E-state index in [0.29, 0.717) is 15.0 Å². The van der Waals surface area contributed by atoms with Crippen molar-refractivity contribution in [2.24, 2.45) is 0 Å². The van der Waals surface area contributed by atoms with Crippen LogP contribution in [-0.2, 0) is 0 Å². The number of hydrogen-bond acceptors (Lipinski definition) is 1. The van der Waals surface area contributed by atoms with Crippen LogP contribution in [0.15, 0.2) is 60.7 Å². The van der Waals surface area contributed by atoms with Crippen LogP contribution in [0.5, 0.6) is 0 Å². The van der Waals surface area contributed by atoms with E-state index >= 15 is 0 Å². The van der Waals surface area contributed by atoms with Crippen molar-refractivity contribution in [1.29, 1.82) is 0 Å². The Morgan fingerprint density at radius 3 is 1.78 bits per heavy atom. The Labute approximate surface area is 144 Å². The third kappa shape index (κ3) is 2.49. The summed E-state index contributed by atoms with van der Waals surface area (Å²) >= 11 is 0.363. The van der Waals surface area contributed by atoms with Crippen LogP contribution in [0.2, 0.25) is 0 Å². The van der Waals surface area contributed by atoms with Crippen molar-refractivity contribution in [1.82, 2.24) is 0 Å². The number of hydrogen-bond donors (Lipinski definition) is 0. The third-order valence-electron chi connectivity index (χ3n) is 4.29. The quantitative estimate of drug-likeness (QED) is 0.461. The fourth-order valence-electron chi connectivity index (χ4n) is 3.10. The van der Waals surface area contributed by atoms with Gasteiger partial charge >= 0.3 is 144 Å². The Bertz CT molecular complexity index is 847. The van der Waals surface area contributed by atoms with Crippen molar-refractivity contribution in [3.63, 3.8) is 0 Å². The molecule has 0 spiro atoms. The molecule has 2 heteroatoms. The monoisotopic (exact) mass is 365 g/mol. The zero-order chi connectivity index (χ0) is 16.0. The van der Waals surface area contributed by atoms with Gasteiger partial charge in [0, 0.05) is 0 Å². The summed E-state index contributed by atoms with van der Waals surface area (Å²) in [5.41, 5.74) is 7.93. The molecule has 1 heterocycles. The first-order chi connectivity index (χ1) is 11.1. The second-order valence-electron chi connectivity index (χ2n) is 6.17. The fourth-order valence-corrected chi connectivity index (χ4v) is 5.73. The molecular weight excluding hydrogens is 345 g/mol. The van der Waals surface area contributed by atoms with Gasteiger partial charge in [-0.25, -0.2) is 0 Å². The fraction of sp³-hybridized carbons (Fsp3) is 0.143. The molecule has 1 aliphatic rings. The molecule has 0 fully saturated rings. The van der Waals surface area contributed by atoms with E-state index in [0.717, 1.165) is 0 Å². The Hall–Kier alpha value is -2.02. The molecule has 23 heavy (non-hydrogen) atoms. The Balaban J connectivity index is 2.00. The van der Waals surface area contributed by atoms with Gasteiger partial charge in [0.25, 0.3) is 0 Å². The molecule has 0 aliphatic carbocycles. The molecule has 0 N–H and O–H groups in total. The molecule has 0 atom stereocenters. The molecular formula is C21H19NSe. The number of benzene rings is 3. The van der Waals surface area contributed by atoms with Crippen LogP contribution in [0.4, 0.5) is 17.1 Å². The van der Waals surface area contributed by atoms with Crippen molar-refractivity contribution >= 4 is 40.9 Å². The van der Waals surface area contributed by atoms with Crippen LogP contribution in [0.1, 0.15) is 16.7 Å². The predicted octanol–water partition coefficient (Wildman–Crippen LogP) is 4.05. The van der Waals surface area contributed by atoms with Gasteiger partial charge in [0.2, 0.25) is 0 Å². The number of rotatable bonds is 1. The first-order valence-corrected chi connectivity index (χ1v) is 9.60. The molecule has 0 saturated carbocycles. The molecule has 114 valence electrons. The summed E-state index contributed by atoms with van der Waals surface area (Å²) < 4.78 is 2.94. The molecule has 4 rings (SSSR count). The predicted molar refractivity (Wildman–Crippen MR) is 100 cm³/mol. The number of para-hydroxylation sites is 1. The van der Waals surface area contributed by atoms with Crippen molar-refractivity contribution in [3.8, 4) is 0 Å². The zero-order valence-corrected chi connectivity index (χ0v) is 15.3. The zero-order valence-electron chi connectivity index (χ0n) is 13.6. The minimum atomic E-state index is 0.363. The van der Waals surface area contributed by atoms with Crippen LogP contribution < -0.4 is 13.8 Å². The normalized spacial score (nSPS) is 12.7. The van der Waals surface area contributed by atoms with Crippen molar-refractivity contribution in [2.45, 2.75) is 20.8 Å². The number of aryl methyl sites for hydroxylation is 3. The van der Waals surface area contributed by atoms with Gasteiger partial charge in [-0.15, -0.1) is 0 Å². The summed E-state index contributed by atoms with van der Waals surface area (Å²) in [6.45, 7) is 6.55. The molecule has 0 unspecified atom stereocenters. The van der Waals surface area contributed by atoms with Crippen LogP contribution >= 0.6 is 0 Å². The van der Waals surface area contributed by atoms with E-state index in [1.54, 1.807) is 0 Å². The molecule has 3 aromatic carbocycles. The first-order valence-electron chi connectivity index (χ1n) is 7.88. The van der Waals surface area contributed by atoms with E-state index < -0.39 is 0 Å². The summed E-state index contributed by atoms with van der Waals surface area (Å²) in [5.74, 6) is 0. The van der Waals surface area contributed by atoms with Crippen molar-refractivity contribution in [3.05, 3.63) is 77.4 Å². The maximum absolute atomic E-state index is 2.43. The average Bonchev–Trinajstić information content (AvgIpc) is 2.53. The average molecular weight is 364 g/mol. The van der Waals surface area contributed by atoms with E-state index in [4.69, 9.17) is 0 Å². The van der Waals surface area contributed by atoms with E-state index in [1.807, 2.05) is 0 Å². The third-order valence-corrected chi connectivity index (χ3v) is 6.58. The molecule has 1 aliphatic heterocycles. The summed E-state index contributed by atoms with van der Waals surface area (Å²) in [6, 6.07) is 22.4. The minimum absolute atomic E-state index is 0.363. The molecule has 0 bridgehead atoms. The van der Waals surface area contributed by atoms with Gasteiger partial charge < -0.3 is 0 Å². The Morgan fingerprint density at radius 2 is 1.22 bits per heavy atom. The topological polar surface area (TPSA) is 3.24 Å². The van der Waals surface area contributed by atoms with Gasteiger partial charge in [0.05, 0.1) is 0 Å². The van der Waals surface area contributed by atoms with E-state index in [2.05, 4.69) is 86.3 Å². The number of fused-ring (bicyclic) bond motifs is 2. The summed E-state index contributed by atoms with van der Waals surface area (Å²) in [5, 5.41) is 0. The molecule has 0 saturated heterocycles. The van der Waals surface area contributed by atoms with Gasteiger partial charge in [0.1, 0.15) is 0 Å². The van der Waals surface area contributed by atoms with Crippen molar-refractivity contribution in [2.75, 3.05) is 4.90 Å². The molecule has 0 amide bonds. The molecule has 3 aromatic rings. The van der Waals surface area contributed by atoms with Gasteiger partial charge in [-0.3, -0.25) is 0 Å². The van der Waals surface area contributed by atoms with Gasteiger partial charge in [-0.2, -0.15) is 0 Å². The van der Waals surface area contributed by atoms with Gasteiger partial charge in [-0.1, -0.05) is 0 Å². The van der Waals surface area contributed by atoms with Crippen molar-refractivity contribution < 1.29 is 0 Å². The SMILES string of the molecule is Cc1ccc2c(c1)[Se]c1cc(C)ccc1N2c1ccccc1C. The Kier molecular flexibility index (Phi) is 3.52. The van der Waals surface area contributed by atoms with Crippen LogP contribution in [0, 0.1) is 20.8 Å². The van der Waals surface area contributed by atoms with E-state index in [1.165, 1.54) is 42.7 Å². The van der Waals surface area contributed by atoms with Gasteiger partial charge in [-0.05, 0) is 0 Å². The second-order valence-corrected chi connectivity index (χ2v) is 8.44. The molecule has 0 radical (unpaired) electrons. The van der Waals surface area contributed by atoms with Crippen LogP contribution in [0.3, 0.4) is 0 Å². The van der Waals surface area contributed by atoms with Crippen LogP contribution in [0.25, 0.3) is 0 Å². The Morgan fingerprint density at radius 1 is 0.652 bits per heavy atom. The first kappa shape index (κ1) is 14.6. The van der Waals surface area contributed by atoms with Gasteiger partial charge in [0.15, 0.2) is 0 Å². The summed E-state index contributed by atoms with van der Waals surface area (Å²) in [4.78, 5) is 2.43. The summed E-state index contributed by atoms with van der Waals surface area (Å²) in [7, 11) is 0. The summed E-state index contributed by atoms with van der Waals surface area (Å²) in [6.07, 6.45) is 0. The number of anilines is 3. The van der Waals surface area contributed by atoms with E-state index in [-0.39, 0.29) is 0 Å². The maximum atomic E-state index is 2.43. The second kappa shape index (κ2) is 5.56. The number of nitrogens with zero attached hydrogens (tertiary/aromatic N) is 1. The standard InChI is InChI=1S/C21H19NSe/c1-14-8-10-18-20(12-14)23-21-13-15(2)9-11-19(21)22(18)17-7-5-4-6-16(17)3/h4-13H,1-3H3. The molecule has 0 aromatic heterocycles. The van der Waals surface area contributed by atoms with Crippen LogP contribution in [-0.4, -0.2) is 15.0 Å².